The fourth-order valence-electron chi connectivity index (χ4n) is 5.26. The number of rotatable bonds is 7. The molecule has 4 rings (SSSR count). The van der Waals surface area contributed by atoms with Crippen molar-refractivity contribution in [3.8, 4) is 0 Å². The first-order chi connectivity index (χ1) is 18.1. The van der Waals surface area contributed by atoms with E-state index in [0.717, 1.165) is 40.4 Å². The molecule has 0 unspecified atom stereocenters. The number of aliphatic imine (C=N–C) groups is 1. The van der Waals surface area contributed by atoms with E-state index in [1.807, 2.05) is 57.1 Å². The van der Waals surface area contributed by atoms with Crippen LogP contribution in [0.1, 0.15) is 69.7 Å². The number of nitrogens with zero attached hydrogens (tertiary/aromatic N) is 3. The fourth-order valence-corrected chi connectivity index (χ4v) is 6.22. The number of hydrogen-bond acceptors (Lipinski definition) is 8. The molecule has 0 aliphatic carbocycles. The highest BCUT2D eigenvalue weighted by molar-refractivity contribution is 8.16. The molecule has 0 N–H and O–H groups in total. The maximum absolute atomic E-state index is 13.5. The number of hydrogen-bond donors (Lipinski definition) is 0. The van der Waals surface area contributed by atoms with E-state index in [2.05, 4.69) is 6.07 Å². The zero-order chi connectivity index (χ0) is 27.6. The van der Waals surface area contributed by atoms with Gasteiger partial charge in [-0.25, -0.2) is 9.79 Å². The number of carbonyl (C=O) groups is 3. The Kier molecular flexibility index (Phi) is 8.65. The van der Waals surface area contributed by atoms with Crippen LogP contribution in [0.3, 0.4) is 0 Å². The summed E-state index contributed by atoms with van der Waals surface area (Å²) in [6, 6.07) is 5.72. The molecule has 1 saturated heterocycles. The van der Waals surface area contributed by atoms with Crippen LogP contribution in [0.4, 0.5) is 0 Å². The minimum Gasteiger partial charge on any atom is -0.466 e. The lowest BCUT2D eigenvalue weighted by Gasteiger charge is -2.38. The van der Waals surface area contributed by atoms with Gasteiger partial charge in [0.15, 0.2) is 5.17 Å². The summed E-state index contributed by atoms with van der Waals surface area (Å²) in [5.74, 6) is -0.988. The molecule has 9 heteroatoms. The van der Waals surface area contributed by atoms with Crippen LogP contribution in [0.5, 0.6) is 0 Å². The van der Waals surface area contributed by atoms with Gasteiger partial charge in [-0.3, -0.25) is 9.59 Å². The van der Waals surface area contributed by atoms with Gasteiger partial charge in [-0.2, -0.15) is 0 Å². The van der Waals surface area contributed by atoms with E-state index in [-0.39, 0.29) is 30.3 Å². The number of allylic oxidation sites excluding steroid dienone is 1. The lowest BCUT2D eigenvalue weighted by Crippen LogP contribution is -2.44. The van der Waals surface area contributed by atoms with E-state index in [0.29, 0.717) is 31.0 Å². The van der Waals surface area contributed by atoms with E-state index in [1.54, 1.807) is 11.8 Å². The Morgan fingerprint density at radius 3 is 2.63 bits per heavy atom. The number of piperidine rings is 1. The van der Waals surface area contributed by atoms with Gasteiger partial charge < -0.3 is 19.3 Å². The first-order valence-electron chi connectivity index (χ1n) is 13.3. The average Bonchev–Trinajstić information content (AvgIpc) is 3.25. The second-order valence-electron chi connectivity index (χ2n) is 10.3. The molecule has 0 radical (unpaired) electrons. The number of fused-ring (bicyclic) bond motifs is 1. The lowest BCUT2D eigenvalue weighted by molar-refractivity contribution is -0.151. The van der Waals surface area contributed by atoms with Gasteiger partial charge in [-0.1, -0.05) is 35.5 Å². The molecule has 0 aromatic heterocycles. The van der Waals surface area contributed by atoms with E-state index >= 15 is 0 Å². The van der Waals surface area contributed by atoms with Crippen LogP contribution in [0.25, 0.3) is 0 Å². The SMILES string of the molecule is CCOC(=O)[C@H]1CCCN(C(=O)CC2=CSC3=NC(C)=C(C(=O)OC(C)C)[C@H](c4ccc(C)cc4C)N23)C1. The number of thioether (sulfide) groups is 1. The Hall–Kier alpha value is -3.07. The molecule has 2 atom stereocenters. The highest BCUT2D eigenvalue weighted by Gasteiger charge is 2.42. The van der Waals surface area contributed by atoms with E-state index in [1.165, 1.54) is 11.8 Å². The number of benzene rings is 1. The number of ether oxygens (including phenoxy) is 2. The van der Waals surface area contributed by atoms with Crippen molar-refractivity contribution in [1.29, 1.82) is 0 Å². The third-order valence-electron chi connectivity index (χ3n) is 7.01. The van der Waals surface area contributed by atoms with Gasteiger partial charge in [0.05, 0.1) is 42.4 Å². The standard InChI is InChI=1S/C29H37N3O5S/c1-7-36-27(34)21-9-8-12-31(15-21)24(33)14-22-16-38-29-30-20(6)25(28(35)37-17(2)3)26(32(22)29)23-11-10-18(4)13-19(23)5/h10-11,13,16-17,21,26H,7-9,12,14-15H2,1-6H3/t21-,26-/m0/s1. The minimum absolute atomic E-state index is 0.0518. The van der Waals surface area contributed by atoms with Crippen molar-refractivity contribution in [1.82, 2.24) is 9.80 Å². The quantitative estimate of drug-likeness (QED) is 0.450. The largest absolute Gasteiger partial charge is 0.466 e. The molecule has 204 valence electrons. The summed E-state index contributed by atoms with van der Waals surface area (Å²) >= 11 is 1.46. The maximum atomic E-state index is 13.5. The van der Waals surface area contributed by atoms with Crippen molar-refractivity contribution in [3.05, 3.63) is 57.3 Å². The summed E-state index contributed by atoms with van der Waals surface area (Å²) < 4.78 is 10.9. The molecule has 8 nitrogen and oxygen atoms in total. The number of carbonyl (C=O) groups excluding carboxylic acids is 3. The third kappa shape index (κ3) is 5.82. The van der Waals surface area contributed by atoms with Crippen LogP contribution >= 0.6 is 11.8 Å². The molecule has 0 bridgehead atoms. The van der Waals surface area contributed by atoms with Crippen LogP contribution in [0.2, 0.25) is 0 Å². The van der Waals surface area contributed by atoms with E-state index in [4.69, 9.17) is 14.5 Å². The molecule has 0 saturated carbocycles. The van der Waals surface area contributed by atoms with Crippen LogP contribution in [0.15, 0.2) is 45.6 Å². The molecule has 38 heavy (non-hydrogen) atoms. The van der Waals surface area contributed by atoms with Gasteiger partial charge in [0.25, 0.3) is 0 Å². The molecule has 3 aliphatic rings. The molecule has 1 aromatic rings. The highest BCUT2D eigenvalue weighted by atomic mass is 32.2. The van der Waals surface area contributed by atoms with Crippen molar-refractivity contribution in [2.24, 2.45) is 10.9 Å². The molecular formula is C29H37N3O5S. The van der Waals surface area contributed by atoms with Crippen LogP contribution in [-0.4, -0.2) is 58.6 Å². The smallest absolute Gasteiger partial charge is 0.338 e. The second kappa shape index (κ2) is 11.8. The summed E-state index contributed by atoms with van der Waals surface area (Å²) in [6.07, 6.45) is 1.36. The highest BCUT2D eigenvalue weighted by Crippen LogP contribution is 2.46. The maximum Gasteiger partial charge on any atom is 0.338 e. The fraction of sp³-hybridized carbons (Fsp3) is 0.517. The van der Waals surface area contributed by atoms with Crippen molar-refractivity contribution in [3.63, 3.8) is 0 Å². The normalized spacial score (nSPS) is 21.2. The number of amidine groups is 1. The molecule has 1 fully saturated rings. The topological polar surface area (TPSA) is 88.5 Å². The van der Waals surface area contributed by atoms with Crippen molar-refractivity contribution in [2.75, 3.05) is 19.7 Å². The van der Waals surface area contributed by atoms with Crippen molar-refractivity contribution in [2.45, 2.75) is 73.0 Å². The Morgan fingerprint density at radius 2 is 1.95 bits per heavy atom. The first-order valence-corrected chi connectivity index (χ1v) is 14.2. The monoisotopic (exact) mass is 539 g/mol. The molecule has 3 heterocycles. The number of amides is 1. The summed E-state index contributed by atoms with van der Waals surface area (Å²) in [5, 5.41) is 2.68. The van der Waals surface area contributed by atoms with Crippen LogP contribution in [0, 0.1) is 19.8 Å². The molecule has 0 spiro atoms. The molecule has 1 amide bonds. The molecule has 1 aromatic carbocycles. The number of likely N-dealkylation sites (tertiary alicyclic amines) is 1. The summed E-state index contributed by atoms with van der Waals surface area (Å²) in [7, 11) is 0. The van der Waals surface area contributed by atoms with Crippen LogP contribution < -0.4 is 0 Å². The van der Waals surface area contributed by atoms with Gasteiger partial charge in [-0.15, -0.1) is 0 Å². The van der Waals surface area contributed by atoms with Crippen molar-refractivity contribution < 1.29 is 23.9 Å². The van der Waals surface area contributed by atoms with E-state index in [9.17, 15) is 14.4 Å². The van der Waals surface area contributed by atoms with Gasteiger partial charge in [0.2, 0.25) is 5.91 Å². The summed E-state index contributed by atoms with van der Waals surface area (Å²) in [5.41, 5.74) is 5.04. The Labute approximate surface area is 229 Å². The third-order valence-corrected chi connectivity index (χ3v) is 7.90. The minimum atomic E-state index is -0.461. The Balaban J connectivity index is 1.64. The predicted octanol–water partition coefficient (Wildman–Crippen LogP) is 5.02. The first kappa shape index (κ1) is 28.0. The zero-order valence-corrected chi connectivity index (χ0v) is 23.9. The van der Waals surface area contributed by atoms with Gasteiger partial charge in [-0.05, 0) is 70.9 Å². The van der Waals surface area contributed by atoms with Gasteiger partial charge in [0, 0.05) is 18.8 Å². The van der Waals surface area contributed by atoms with Crippen molar-refractivity contribution >= 4 is 34.8 Å². The second-order valence-corrected chi connectivity index (χ2v) is 11.2. The van der Waals surface area contributed by atoms with Gasteiger partial charge in [0.1, 0.15) is 0 Å². The lowest BCUT2D eigenvalue weighted by atomic mass is 9.90. The Morgan fingerprint density at radius 1 is 1.18 bits per heavy atom. The predicted molar refractivity (Wildman–Crippen MR) is 148 cm³/mol. The van der Waals surface area contributed by atoms with E-state index < -0.39 is 12.0 Å². The van der Waals surface area contributed by atoms with Gasteiger partial charge >= 0.3 is 11.9 Å². The zero-order valence-electron chi connectivity index (χ0n) is 23.1. The van der Waals surface area contributed by atoms with Crippen LogP contribution in [-0.2, 0) is 23.9 Å². The number of esters is 2. The number of aryl methyl sites for hydroxylation is 2. The Bertz CT molecular complexity index is 1220. The summed E-state index contributed by atoms with van der Waals surface area (Å²) in [6.45, 7) is 12.7. The average molecular weight is 540 g/mol. The summed E-state index contributed by atoms with van der Waals surface area (Å²) in [4.78, 5) is 47.7. The molecule has 3 aliphatic heterocycles. The molecular weight excluding hydrogens is 502 g/mol.